The van der Waals surface area contributed by atoms with Gasteiger partial charge in [0.05, 0.1) is 29.7 Å². The highest BCUT2D eigenvalue weighted by molar-refractivity contribution is 7.88. The van der Waals surface area contributed by atoms with Crippen molar-refractivity contribution in [3.05, 3.63) is 35.4 Å². The van der Waals surface area contributed by atoms with E-state index in [9.17, 15) is 33.0 Å². The molecule has 2 aliphatic carbocycles. The van der Waals surface area contributed by atoms with Gasteiger partial charge in [0.1, 0.15) is 6.04 Å². The summed E-state index contributed by atoms with van der Waals surface area (Å²) in [5, 5.41) is 26.0. The van der Waals surface area contributed by atoms with E-state index >= 15 is 0 Å². The lowest BCUT2D eigenvalue weighted by Crippen LogP contribution is -2.57. The zero-order valence-electron chi connectivity index (χ0n) is 22.6. The van der Waals surface area contributed by atoms with E-state index in [1.54, 1.807) is 0 Å². The molecule has 0 bridgehead atoms. The number of sulfonamides is 1. The molecule has 0 aliphatic heterocycles. The average Bonchev–Trinajstić information content (AvgIpc) is 3.50. The number of nitrogens with two attached hydrogens (primary N) is 1. The maximum atomic E-state index is 13.8. The van der Waals surface area contributed by atoms with Gasteiger partial charge in [-0.3, -0.25) is 14.4 Å². The predicted molar refractivity (Wildman–Crippen MR) is 146 cm³/mol. The van der Waals surface area contributed by atoms with Crippen molar-refractivity contribution in [2.45, 2.75) is 75.8 Å². The molecule has 1 unspecified atom stereocenters. The number of carboxylic acid groups (broad SMARTS) is 1. The number of aliphatic carboxylic acids is 1. The molecule has 1 aromatic rings. The summed E-state index contributed by atoms with van der Waals surface area (Å²) >= 11 is 0. The Bertz CT molecular complexity index is 1110. The topological polar surface area (TPSA) is 188 Å². The summed E-state index contributed by atoms with van der Waals surface area (Å²) in [5.74, 6) is -3.07. The van der Waals surface area contributed by atoms with E-state index in [-0.39, 0.29) is 31.9 Å². The van der Waals surface area contributed by atoms with Crippen LogP contribution < -0.4 is 21.1 Å². The second kappa shape index (κ2) is 13.2. The fourth-order valence-electron chi connectivity index (χ4n) is 5.94. The fourth-order valence-corrected chi connectivity index (χ4v) is 6.68. The Kier molecular flexibility index (Phi) is 10.5. The number of amides is 2. The standard InChI is InChI=1S/C27H42N4O7S/c1-39(37,38)31-22(10-4-7-13-28)23(33)29-17-21(24(34)35)14-26(11-5-6-12-26)25(36)30-27(18-32)15-19-8-2-3-9-20(19)16-27/h2-3,8-9,21-22,31-32H,4-7,10-18,28H2,1H3,(H,29,33)(H,30,36)(H,34,35)/t21?,22-/m0/s1. The predicted octanol–water partition coefficient (Wildman–Crippen LogP) is 0.447. The summed E-state index contributed by atoms with van der Waals surface area (Å²) < 4.78 is 25.8. The molecule has 1 fully saturated rings. The Morgan fingerprint density at radius 1 is 1.08 bits per heavy atom. The largest absolute Gasteiger partial charge is 0.481 e. The first-order valence-electron chi connectivity index (χ1n) is 13.6. The van der Waals surface area contributed by atoms with Gasteiger partial charge in [0, 0.05) is 6.54 Å². The SMILES string of the molecule is CS(=O)(=O)N[C@@H](CCCCN)C(=O)NCC(CC1(C(=O)NC2(CO)Cc3ccccc3C2)CCCC1)C(=O)O. The molecule has 7 N–H and O–H groups in total. The minimum atomic E-state index is -3.67. The Balaban J connectivity index is 1.70. The van der Waals surface area contributed by atoms with Crippen LogP contribution >= 0.6 is 0 Å². The van der Waals surface area contributed by atoms with Gasteiger partial charge in [0.15, 0.2) is 0 Å². The molecular weight excluding hydrogens is 524 g/mol. The summed E-state index contributed by atoms with van der Waals surface area (Å²) in [6, 6.07) is 6.77. The molecule has 0 heterocycles. The lowest BCUT2D eigenvalue weighted by atomic mass is 9.76. The summed E-state index contributed by atoms with van der Waals surface area (Å²) in [6.45, 7) is -0.0679. The average molecular weight is 567 g/mol. The van der Waals surface area contributed by atoms with E-state index in [4.69, 9.17) is 5.73 Å². The maximum Gasteiger partial charge on any atom is 0.308 e. The Morgan fingerprint density at radius 2 is 1.69 bits per heavy atom. The van der Waals surface area contributed by atoms with Gasteiger partial charge in [-0.1, -0.05) is 43.5 Å². The first-order chi connectivity index (χ1) is 18.4. The van der Waals surface area contributed by atoms with Crippen molar-refractivity contribution in [3.8, 4) is 0 Å². The van der Waals surface area contributed by atoms with Crippen LogP contribution in [0.4, 0.5) is 0 Å². The van der Waals surface area contributed by atoms with Crippen LogP contribution in [0.25, 0.3) is 0 Å². The molecule has 11 nitrogen and oxygen atoms in total. The van der Waals surface area contributed by atoms with Crippen molar-refractivity contribution in [1.82, 2.24) is 15.4 Å². The molecule has 218 valence electrons. The molecule has 2 aliphatic rings. The molecular formula is C27H42N4O7S. The third-order valence-electron chi connectivity index (χ3n) is 8.03. The molecule has 0 spiro atoms. The van der Waals surface area contributed by atoms with E-state index in [0.29, 0.717) is 45.1 Å². The van der Waals surface area contributed by atoms with Gasteiger partial charge < -0.3 is 26.6 Å². The molecule has 0 radical (unpaired) electrons. The van der Waals surface area contributed by atoms with Gasteiger partial charge in [0.2, 0.25) is 21.8 Å². The number of rotatable bonds is 15. The van der Waals surface area contributed by atoms with Crippen LogP contribution in [0, 0.1) is 11.3 Å². The highest BCUT2D eigenvalue weighted by atomic mass is 32.2. The quantitative estimate of drug-likeness (QED) is 0.165. The van der Waals surface area contributed by atoms with Crippen molar-refractivity contribution in [3.63, 3.8) is 0 Å². The third-order valence-corrected chi connectivity index (χ3v) is 8.74. The highest BCUT2D eigenvalue weighted by Gasteiger charge is 2.48. The number of aliphatic hydroxyl groups excluding tert-OH is 1. The van der Waals surface area contributed by atoms with Crippen molar-refractivity contribution >= 4 is 27.8 Å². The Morgan fingerprint density at radius 3 is 2.21 bits per heavy atom. The molecule has 39 heavy (non-hydrogen) atoms. The van der Waals surface area contributed by atoms with Crippen molar-refractivity contribution in [1.29, 1.82) is 0 Å². The molecule has 3 rings (SSSR count). The number of carbonyl (C=O) groups is 3. The second-order valence-electron chi connectivity index (χ2n) is 11.2. The van der Waals surface area contributed by atoms with Gasteiger partial charge >= 0.3 is 5.97 Å². The number of benzene rings is 1. The van der Waals surface area contributed by atoms with E-state index in [2.05, 4.69) is 15.4 Å². The van der Waals surface area contributed by atoms with Crippen molar-refractivity contribution in [2.24, 2.45) is 17.1 Å². The normalized spacial score (nSPS) is 19.2. The Labute approximate surface area is 230 Å². The van der Waals surface area contributed by atoms with Gasteiger partial charge in [-0.25, -0.2) is 13.1 Å². The number of nitrogens with one attached hydrogen (secondary N) is 3. The van der Waals surface area contributed by atoms with E-state index < -0.39 is 44.8 Å². The lowest BCUT2D eigenvalue weighted by molar-refractivity contribution is -0.144. The monoisotopic (exact) mass is 566 g/mol. The minimum Gasteiger partial charge on any atom is -0.481 e. The molecule has 2 atom stereocenters. The molecule has 0 saturated heterocycles. The van der Waals surface area contributed by atoms with E-state index in [1.807, 2.05) is 24.3 Å². The second-order valence-corrected chi connectivity index (χ2v) is 13.0. The highest BCUT2D eigenvalue weighted by Crippen LogP contribution is 2.44. The number of hydrogen-bond acceptors (Lipinski definition) is 7. The fraction of sp³-hybridized carbons (Fsp3) is 0.667. The first-order valence-corrected chi connectivity index (χ1v) is 15.5. The summed E-state index contributed by atoms with van der Waals surface area (Å²) in [6.07, 6.45) is 5.94. The maximum absolute atomic E-state index is 13.8. The van der Waals surface area contributed by atoms with Gasteiger partial charge in [0.25, 0.3) is 0 Å². The van der Waals surface area contributed by atoms with Crippen LogP contribution in [-0.4, -0.2) is 73.9 Å². The summed E-state index contributed by atoms with van der Waals surface area (Å²) in [5.41, 5.74) is 5.88. The van der Waals surface area contributed by atoms with Crippen LogP contribution in [0.5, 0.6) is 0 Å². The number of carbonyl (C=O) groups excluding carboxylic acids is 2. The third kappa shape index (κ3) is 8.23. The summed E-state index contributed by atoms with van der Waals surface area (Å²) in [4.78, 5) is 38.8. The van der Waals surface area contributed by atoms with Crippen LogP contribution in [0.3, 0.4) is 0 Å². The van der Waals surface area contributed by atoms with E-state index in [0.717, 1.165) is 30.2 Å². The first kappa shape index (κ1) is 31.0. The number of hydrogen-bond donors (Lipinski definition) is 6. The Hall–Kier alpha value is -2.54. The van der Waals surface area contributed by atoms with Crippen molar-refractivity contribution < 1.29 is 33.0 Å². The summed E-state index contributed by atoms with van der Waals surface area (Å²) in [7, 11) is -3.67. The minimum absolute atomic E-state index is 0.0280. The number of fused-ring (bicyclic) bond motifs is 1. The number of carboxylic acids is 1. The smallest absolute Gasteiger partial charge is 0.308 e. The van der Waals surface area contributed by atoms with Crippen molar-refractivity contribution in [2.75, 3.05) is 26.0 Å². The van der Waals surface area contributed by atoms with Crippen LogP contribution in [0.1, 0.15) is 62.5 Å². The number of aliphatic hydroxyl groups is 1. The molecule has 1 aromatic carbocycles. The van der Waals surface area contributed by atoms with Gasteiger partial charge in [-0.15, -0.1) is 0 Å². The van der Waals surface area contributed by atoms with Crippen LogP contribution in [-0.2, 0) is 37.2 Å². The zero-order valence-corrected chi connectivity index (χ0v) is 23.4. The van der Waals surface area contributed by atoms with Gasteiger partial charge in [-0.05, 0) is 62.6 Å². The molecule has 2 amide bonds. The van der Waals surface area contributed by atoms with Crippen LogP contribution in [0.15, 0.2) is 24.3 Å². The van der Waals surface area contributed by atoms with E-state index in [1.165, 1.54) is 0 Å². The molecule has 0 aromatic heterocycles. The molecule has 12 heteroatoms. The molecule has 1 saturated carbocycles. The zero-order chi connectivity index (χ0) is 28.7. The van der Waals surface area contributed by atoms with Gasteiger partial charge in [-0.2, -0.15) is 0 Å². The lowest BCUT2D eigenvalue weighted by Gasteiger charge is -2.36. The number of unbranched alkanes of at least 4 members (excludes halogenated alkanes) is 1. The van der Waals surface area contributed by atoms with Crippen LogP contribution in [0.2, 0.25) is 0 Å².